The average Bonchev–Trinajstić information content (AvgIpc) is 3.11. The molecule has 6 heteroatoms. The van der Waals surface area contributed by atoms with Gasteiger partial charge in [0.05, 0.1) is 0 Å². The summed E-state index contributed by atoms with van der Waals surface area (Å²) in [5.41, 5.74) is 5.85. The van der Waals surface area contributed by atoms with E-state index in [1.54, 1.807) is 0 Å². The molecule has 1 aromatic heterocycles. The van der Waals surface area contributed by atoms with Gasteiger partial charge in [0.1, 0.15) is 10.7 Å². The van der Waals surface area contributed by atoms with Gasteiger partial charge in [-0.2, -0.15) is 0 Å². The maximum Gasteiger partial charge on any atom is 0.265 e. The van der Waals surface area contributed by atoms with E-state index in [0.29, 0.717) is 22.7 Å². The first-order valence-electron chi connectivity index (χ1n) is 7.79. The summed E-state index contributed by atoms with van der Waals surface area (Å²) < 4.78 is 0. The monoisotopic (exact) mass is 310 g/mol. The van der Waals surface area contributed by atoms with Crippen LogP contribution in [0.1, 0.15) is 62.5 Å². The molecule has 4 N–H and O–H groups in total. The Morgan fingerprint density at radius 2 is 2.10 bits per heavy atom. The van der Waals surface area contributed by atoms with Gasteiger partial charge in [0, 0.05) is 12.1 Å². The Morgan fingerprint density at radius 3 is 2.71 bits per heavy atom. The van der Waals surface area contributed by atoms with Crippen LogP contribution < -0.4 is 16.4 Å². The summed E-state index contributed by atoms with van der Waals surface area (Å²) in [5, 5.41) is 7.05. The molecule has 1 aliphatic carbocycles. The number of nitrogen functional groups attached to an aromatic ring is 1. The molecule has 21 heavy (non-hydrogen) atoms. The molecule has 1 saturated carbocycles. The van der Waals surface area contributed by atoms with Crippen LogP contribution in [0.2, 0.25) is 0 Å². The second-order valence-electron chi connectivity index (χ2n) is 6.35. The number of aromatic nitrogens is 1. The number of nitrogens with one attached hydrogen (secondary N) is 2. The van der Waals surface area contributed by atoms with E-state index in [0.717, 1.165) is 18.0 Å². The predicted molar refractivity (Wildman–Crippen MR) is 88.8 cm³/mol. The van der Waals surface area contributed by atoms with Gasteiger partial charge in [0.15, 0.2) is 5.13 Å². The molecule has 0 saturated heterocycles. The largest absolute Gasteiger partial charge is 0.382 e. The standard InChI is InChI=1S/C15H26N4OS/c1-9(2)5-4-6-10(3)17-14(20)12-13(16)19-15(21-12)18-11-7-8-11/h9-11H,4-8,16H2,1-3H3,(H,17,20)(H,18,19). The van der Waals surface area contributed by atoms with Crippen molar-refractivity contribution in [1.82, 2.24) is 10.3 Å². The quantitative estimate of drug-likeness (QED) is 0.688. The molecule has 118 valence electrons. The number of thiazole rings is 1. The number of nitrogens with two attached hydrogens (primary N) is 1. The van der Waals surface area contributed by atoms with Gasteiger partial charge in [0.25, 0.3) is 5.91 Å². The first kappa shape index (κ1) is 16.1. The fourth-order valence-electron chi connectivity index (χ4n) is 2.15. The Bertz CT molecular complexity index is 482. The summed E-state index contributed by atoms with van der Waals surface area (Å²) in [4.78, 5) is 17.0. The molecule has 0 radical (unpaired) electrons. The lowest BCUT2D eigenvalue weighted by Gasteiger charge is -2.13. The van der Waals surface area contributed by atoms with E-state index in [9.17, 15) is 4.79 Å². The van der Waals surface area contributed by atoms with Crippen LogP contribution in [-0.4, -0.2) is 23.0 Å². The molecule has 0 aromatic carbocycles. The molecule has 1 aromatic rings. The highest BCUT2D eigenvalue weighted by atomic mass is 32.1. The van der Waals surface area contributed by atoms with Gasteiger partial charge >= 0.3 is 0 Å². The second-order valence-corrected chi connectivity index (χ2v) is 7.35. The summed E-state index contributed by atoms with van der Waals surface area (Å²) in [6, 6.07) is 0.680. The van der Waals surface area contributed by atoms with Gasteiger partial charge in [0.2, 0.25) is 0 Å². The molecule has 1 fully saturated rings. The van der Waals surface area contributed by atoms with Crippen molar-refractivity contribution in [2.75, 3.05) is 11.1 Å². The zero-order chi connectivity index (χ0) is 15.4. The van der Waals surface area contributed by atoms with Gasteiger partial charge in [-0.1, -0.05) is 38.0 Å². The number of hydrogen-bond acceptors (Lipinski definition) is 5. The highest BCUT2D eigenvalue weighted by Crippen LogP contribution is 2.30. The van der Waals surface area contributed by atoms with E-state index in [4.69, 9.17) is 5.73 Å². The molecule has 0 spiro atoms. The molecule has 1 aliphatic rings. The van der Waals surface area contributed by atoms with Crippen molar-refractivity contribution >= 4 is 28.2 Å². The minimum atomic E-state index is -0.106. The molecule has 0 aliphatic heterocycles. The van der Waals surface area contributed by atoms with Gasteiger partial charge in [-0.15, -0.1) is 0 Å². The third kappa shape index (κ3) is 5.19. The Balaban J connectivity index is 1.82. The molecule has 0 bridgehead atoms. The number of rotatable bonds is 8. The number of carbonyl (C=O) groups is 1. The Labute approximate surface area is 130 Å². The van der Waals surface area contributed by atoms with Crippen molar-refractivity contribution in [1.29, 1.82) is 0 Å². The SMILES string of the molecule is CC(C)CCCC(C)NC(=O)c1sc(NC2CC2)nc1N. The third-order valence-electron chi connectivity index (χ3n) is 3.56. The van der Waals surface area contributed by atoms with Crippen LogP contribution >= 0.6 is 11.3 Å². The van der Waals surface area contributed by atoms with E-state index < -0.39 is 0 Å². The number of hydrogen-bond donors (Lipinski definition) is 3. The summed E-state index contributed by atoms with van der Waals surface area (Å²) in [6.07, 6.45) is 5.67. The number of carbonyl (C=O) groups excluding carboxylic acids is 1. The van der Waals surface area contributed by atoms with Gasteiger partial charge in [-0.3, -0.25) is 4.79 Å². The maximum absolute atomic E-state index is 12.2. The van der Waals surface area contributed by atoms with E-state index in [1.807, 2.05) is 6.92 Å². The molecular formula is C15H26N4OS. The smallest absolute Gasteiger partial charge is 0.265 e. The third-order valence-corrected chi connectivity index (χ3v) is 4.56. The topological polar surface area (TPSA) is 80.0 Å². The lowest BCUT2D eigenvalue weighted by atomic mass is 10.0. The lowest BCUT2D eigenvalue weighted by Crippen LogP contribution is -2.32. The Kier molecular flexibility index (Phi) is 5.45. The first-order valence-corrected chi connectivity index (χ1v) is 8.61. The summed E-state index contributed by atoms with van der Waals surface area (Å²) in [5.74, 6) is 0.932. The summed E-state index contributed by atoms with van der Waals surface area (Å²) >= 11 is 1.35. The molecule has 1 unspecified atom stereocenters. The normalized spacial score (nSPS) is 16.0. The van der Waals surface area contributed by atoms with E-state index in [2.05, 4.69) is 29.5 Å². The maximum atomic E-state index is 12.2. The van der Waals surface area contributed by atoms with Crippen molar-refractivity contribution in [2.24, 2.45) is 5.92 Å². The molecule has 1 amide bonds. The highest BCUT2D eigenvalue weighted by molar-refractivity contribution is 7.18. The fraction of sp³-hybridized carbons (Fsp3) is 0.733. The Morgan fingerprint density at radius 1 is 1.38 bits per heavy atom. The average molecular weight is 310 g/mol. The zero-order valence-corrected chi connectivity index (χ0v) is 13.9. The van der Waals surface area contributed by atoms with E-state index in [1.165, 1.54) is 30.6 Å². The van der Waals surface area contributed by atoms with Crippen molar-refractivity contribution in [2.45, 2.75) is 65.0 Å². The molecule has 2 rings (SSSR count). The van der Waals surface area contributed by atoms with Crippen LogP contribution in [0.4, 0.5) is 10.9 Å². The number of anilines is 2. The molecule has 1 atom stereocenters. The minimum Gasteiger partial charge on any atom is -0.382 e. The van der Waals surface area contributed by atoms with Crippen molar-refractivity contribution in [3.05, 3.63) is 4.88 Å². The summed E-state index contributed by atoms with van der Waals surface area (Å²) in [7, 11) is 0. The first-order chi connectivity index (χ1) is 9.95. The van der Waals surface area contributed by atoms with Crippen LogP contribution in [0.15, 0.2) is 0 Å². The zero-order valence-electron chi connectivity index (χ0n) is 13.1. The molecular weight excluding hydrogens is 284 g/mol. The van der Waals surface area contributed by atoms with Crippen LogP contribution in [-0.2, 0) is 0 Å². The minimum absolute atomic E-state index is 0.106. The van der Waals surface area contributed by atoms with E-state index >= 15 is 0 Å². The van der Waals surface area contributed by atoms with Crippen LogP contribution in [0.5, 0.6) is 0 Å². The Hall–Kier alpha value is -1.30. The van der Waals surface area contributed by atoms with Crippen molar-refractivity contribution < 1.29 is 4.79 Å². The van der Waals surface area contributed by atoms with Crippen molar-refractivity contribution in [3.8, 4) is 0 Å². The summed E-state index contributed by atoms with van der Waals surface area (Å²) in [6.45, 7) is 6.48. The number of nitrogens with zero attached hydrogens (tertiary/aromatic N) is 1. The van der Waals surface area contributed by atoms with Crippen LogP contribution in [0, 0.1) is 5.92 Å². The van der Waals surface area contributed by atoms with Crippen molar-refractivity contribution in [3.63, 3.8) is 0 Å². The van der Waals surface area contributed by atoms with Gasteiger partial charge in [-0.05, 0) is 32.1 Å². The molecule has 1 heterocycles. The second kappa shape index (κ2) is 7.11. The predicted octanol–water partition coefficient (Wildman–Crippen LogP) is 3.24. The van der Waals surface area contributed by atoms with Crippen LogP contribution in [0.3, 0.4) is 0 Å². The lowest BCUT2D eigenvalue weighted by molar-refractivity contribution is 0.0942. The van der Waals surface area contributed by atoms with Crippen LogP contribution in [0.25, 0.3) is 0 Å². The van der Waals surface area contributed by atoms with Gasteiger partial charge < -0.3 is 16.4 Å². The van der Waals surface area contributed by atoms with Gasteiger partial charge in [-0.25, -0.2) is 4.98 Å². The molecule has 5 nitrogen and oxygen atoms in total. The number of amides is 1. The van der Waals surface area contributed by atoms with E-state index in [-0.39, 0.29) is 11.9 Å². The highest BCUT2D eigenvalue weighted by Gasteiger charge is 2.24. The fourth-order valence-corrected chi connectivity index (χ4v) is 3.02.